The molecular weight excluding hydrogens is 342 g/mol. The van der Waals surface area contributed by atoms with E-state index in [0.29, 0.717) is 11.1 Å². The lowest BCUT2D eigenvalue weighted by Crippen LogP contribution is -3.12. The first-order valence-electron chi connectivity index (χ1n) is 7.54. The van der Waals surface area contributed by atoms with Crippen molar-refractivity contribution in [1.29, 1.82) is 0 Å². The molecule has 1 aromatic carbocycles. The summed E-state index contributed by atoms with van der Waals surface area (Å²) in [5, 5.41) is 4.56. The molecule has 1 aliphatic rings. The van der Waals surface area contributed by atoms with Crippen molar-refractivity contribution in [3.05, 3.63) is 35.1 Å². The fraction of sp³-hybridized carbons (Fsp3) is 0.533. The van der Waals surface area contributed by atoms with E-state index in [1.807, 2.05) is 5.01 Å². The van der Waals surface area contributed by atoms with Gasteiger partial charge in [0.15, 0.2) is 0 Å². The van der Waals surface area contributed by atoms with Crippen molar-refractivity contribution in [3.63, 3.8) is 0 Å². The number of carbonyl (C=O) groups is 1. The summed E-state index contributed by atoms with van der Waals surface area (Å²) in [5.74, 6) is -0.356. The van der Waals surface area contributed by atoms with E-state index in [9.17, 15) is 9.18 Å². The summed E-state index contributed by atoms with van der Waals surface area (Å²) in [5.41, 5.74) is 3.83. The zero-order valence-corrected chi connectivity index (χ0v) is 14.7. The average molecular weight is 364 g/mol. The van der Waals surface area contributed by atoms with Gasteiger partial charge >= 0.3 is 6.03 Å². The number of likely N-dealkylation sites (N-methyl/N-ethyl adjacent to an activating group) is 1. The van der Waals surface area contributed by atoms with Gasteiger partial charge in [0, 0.05) is 0 Å². The van der Waals surface area contributed by atoms with Gasteiger partial charge in [0.25, 0.3) is 0 Å². The first-order chi connectivity index (χ1) is 10.9. The summed E-state index contributed by atoms with van der Waals surface area (Å²) < 4.78 is 13.7. The van der Waals surface area contributed by atoms with Gasteiger partial charge in [0.05, 0.1) is 39.3 Å². The first-order valence-corrected chi connectivity index (χ1v) is 8.41. The van der Waals surface area contributed by atoms with Crippen LogP contribution in [-0.2, 0) is 0 Å². The highest BCUT2D eigenvalue weighted by molar-refractivity contribution is 6.44. The van der Waals surface area contributed by atoms with Gasteiger partial charge in [0.1, 0.15) is 10.7 Å². The van der Waals surface area contributed by atoms with E-state index in [-0.39, 0.29) is 5.82 Å². The second kappa shape index (κ2) is 8.15. The Labute approximate surface area is 145 Å². The Balaban J connectivity index is 1.98. The minimum absolute atomic E-state index is 0.356. The van der Waals surface area contributed by atoms with Crippen LogP contribution in [0.3, 0.4) is 0 Å². The Morgan fingerprint density at radius 1 is 1.35 bits per heavy atom. The Morgan fingerprint density at radius 2 is 2.00 bits per heavy atom. The molecular formula is C15H22Cl2FN4O+. The molecule has 3 N–H and O–H groups in total. The fourth-order valence-corrected chi connectivity index (χ4v) is 2.83. The minimum atomic E-state index is -0.889. The number of nitrogens with zero attached hydrogens (tertiary/aromatic N) is 1. The Bertz CT molecular complexity index is 550. The van der Waals surface area contributed by atoms with Crippen LogP contribution < -0.4 is 15.6 Å². The lowest BCUT2D eigenvalue weighted by atomic mass is 10.1. The molecule has 0 aromatic heterocycles. The third-order valence-electron chi connectivity index (χ3n) is 3.97. The van der Waals surface area contributed by atoms with E-state index in [1.165, 1.54) is 11.0 Å². The van der Waals surface area contributed by atoms with Gasteiger partial charge in [0.2, 0.25) is 0 Å². The van der Waals surface area contributed by atoms with Gasteiger partial charge in [-0.05, 0) is 24.1 Å². The second-order valence-electron chi connectivity index (χ2n) is 5.85. The normalized spacial score (nSPS) is 18.0. The van der Waals surface area contributed by atoms with Crippen molar-refractivity contribution in [2.45, 2.75) is 17.8 Å². The van der Waals surface area contributed by atoms with Crippen LogP contribution in [0.2, 0.25) is 0 Å². The van der Waals surface area contributed by atoms with Crippen LogP contribution in [0.25, 0.3) is 0 Å². The zero-order valence-electron chi connectivity index (χ0n) is 13.2. The molecule has 0 unspecified atom stereocenters. The number of hydrogen-bond donors (Lipinski definition) is 3. The van der Waals surface area contributed by atoms with Crippen molar-refractivity contribution in [1.82, 2.24) is 15.8 Å². The number of hydrogen-bond acceptors (Lipinski definition) is 2. The Morgan fingerprint density at radius 3 is 2.57 bits per heavy atom. The molecule has 1 saturated heterocycles. The lowest BCUT2D eigenvalue weighted by Gasteiger charge is -2.31. The largest absolute Gasteiger partial charge is 0.335 e. The molecule has 1 aromatic rings. The molecule has 1 aliphatic heterocycles. The molecule has 2 amide bonds. The van der Waals surface area contributed by atoms with Crippen molar-refractivity contribution in [2.75, 3.05) is 33.2 Å². The number of alkyl halides is 2. The highest BCUT2D eigenvalue weighted by Gasteiger charge is 2.24. The molecule has 0 aliphatic carbocycles. The van der Waals surface area contributed by atoms with Gasteiger partial charge in [-0.2, -0.15) is 0 Å². The Kier molecular flexibility index (Phi) is 6.47. The molecule has 0 radical (unpaired) electrons. The third kappa shape index (κ3) is 5.21. The molecule has 1 fully saturated rings. The van der Waals surface area contributed by atoms with E-state index in [1.54, 1.807) is 19.1 Å². The Hall–Kier alpha value is -1.08. The number of carbonyl (C=O) groups excluding carboxylic acids is 1. The molecule has 8 heteroatoms. The summed E-state index contributed by atoms with van der Waals surface area (Å²) in [7, 11) is 2.12. The van der Waals surface area contributed by atoms with Crippen LogP contribution >= 0.6 is 23.2 Å². The number of urea groups is 1. The van der Waals surface area contributed by atoms with Gasteiger partial charge in [-0.25, -0.2) is 14.2 Å². The summed E-state index contributed by atoms with van der Waals surface area (Å²) in [6.45, 7) is 5.13. The highest BCUT2D eigenvalue weighted by atomic mass is 35.5. The number of aryl methyl sites for hydroxylation is 1. The molecule has 23 heavy (non-hydrogen) atoms. The quantitative estimate of drug-likeness (QED) is 0.699. The molecule has 0 spiro atoms. The van der Waals surface area contributed by atoms with E-state index >= 15 is 0 Å². The van der Waals surface area contributed by atoms with Crippen molar-refractivity contribution >= 4 is 29.2 Å². The number of amides is 2. The lowest BCUT2D eigenvalue weighted by molar-refractivity contribution is -0.884. The number of piperazine rings is 1. The van der Waals surface area contributed by atoms with E-state index in [4.69, 9.17) is 23.2 Å². The van der Waals surface area contributed by atoms with Gasteiger partial charge in [-0.3, -0.25) is 5.43 Å². The highest BCUT2D eigenvalue weighted by Crippen LogP contribution is 2.25. The zero-order chi connectivity index (χ0) is 17.0. The third-order valence-corrected chi connectivity index (χ3v) is 4.47. The molecule has 128 valence electrons. The van der Waals surface area contributed by atoms with Crippen LogP contribution in [-0.4, -0.2) is 49.1 Å². The van der Waals surface area contributed by atoms with Crippen LogP contribution in [0.1, 0.15) is 17.2 Å². The van der Waals surface area contributed by atoms with E-state index in [0.717, 1.165) is 26.2 Å². The number of halogens is 3. The van der Waals surface area contributed by atoms with Gasteiger partial charge in [-0.15, -0.1) is 23.2 Å². The molecule has 1 heterocycles. The summed E-state index contributed by atoms with van der Waals surface area (Å²) in [6, 6.07) is 3.60. The number of quaternary nitrogens is 1. The number of hydrazine groups is 1. The maximum atomic E-state index is 13.7. The monoisotopic (exact) mass is 363 g/mol. The van der Waals surface area contributed by atoms with Gasteiger partial charge in [-0.1, -0.05) is 12.1 Å². The van der Waals surface area contributed by atoms with Crippen LogP contribution in [0.15, 0.2) is 18.2 Å². The SMILES string of the molecule is Cc1ccc([C@H](NC(=O)NN2CC[NH+](C)CC2)C(Cl)Cl)cc1F. The van der Waals surface area contributed by atoms with Crippen LogP contribution in [0.4, 0.5) is 9.18 Å². The number of rotatable bonds is 4. The minimum Gasteiger partial charge on any atom is -0.335 e. The molecule has 2 rings (SSSR count). The summed E-state index contributed by atoms with van der Waals surface area (Å²) in [6.07, 6.45) is 0. The maximum absolute atomic E-state index is 13.7. The van der Waals surface area contributed by atoms with Crippen molar-refractivity contribution in [3.8, 4) is 0 Å². The maximum Gasteiger partial charge on any atom is 0.329 e. The molecule has 5 nitrogen and oxygen atoms in total. The smallest absolute Gasteiger partial charge is 0.329 e. The fourth-order valence-electron chi connectivity index (χ4n) is 2.41. The number of nitrogens with one attached hydrogen (secondary N) is 3. The second-order valence-corrected chi connectivity index (χ2v) is 7.01. The number of benzene rings is 1. The predicted octanol–water partition coefficient (Wildman–Crippen LogP) is 1.02. The van der Waals surface area contributed by atoms with E-state index in [2.05, 4.69) is 17.8 Å². The van der Waals surface area contributed by atoms with Gasteiger partial charge < -0.3 is 10.2 Å². The van der Waals surface area contributed by atoms with E-state index < -0.39 is 16.9 Å². The standard InChI is InChI=1S/C15H21Cl2FN4O/c1-10-3-4-11(9-12(10)18)13(14(16)17)19-15(23)20-22-7-5-21(2)6-8-22/h3-4,9,13-14H,5-8H2,1-2H3,(H2,19,20,23)/p+1/t13-/m0/s1. The summed E-state index contributed by atoms with van der Waals surface area (Å²) >= 11 is 11.9. The molecule has 1 atom stereocenters. The van der Waals surface area contributed by atoms with Crippen molar-refractivity contribution < 1.29 is 14.1 Å². The predicted molar refractivity (Wildman–Crippen MR) is 89.2 cm³/mol. The molecule has 0 saturated carbocycles. The van der Waals surface area contributed by atoms with Crippen LogP contribution in [0.5, 0.6) is 0 Å². The topological polar surface area (TPSA) is 48.8 Å². The first kappa shape index (κ1) is 18.3. The summed E-state index contributed by atoms with van der Waals surface area (Å²) in [4.78, 5) is 12.7. The molecule has 0 bridgehead atoms. The van der Waals surface area contributed by atoms with Crippen LogP contribution in [0, 0.1) is 12.7 Å². The average Bonchev–Trinajstić information content (AvgIpc) is 2.50. The van der Waals surface area contributed by atoms with Crippen molar-refractivity contribution in [2.24, 2.45) is 0 Å².